The van der Waals surface area contributed by atoms with Gasteiger partial charge in [-0.1, -0.05) is 43.3 Å². The molecule has 2 N–H and O–H groups in total. The number of quaternary nitrogens is 1. The van der Waals surface area contributed by atoms with E-state index in [9.17, 15) is 13.6 Å². The number of hydrogen-bond acceptors (Lipinski definition) is 2. The molecule has 0 aliphatic heterocycles. The van der Waals surface area contributed by atoms with Gasteiger partial charge in [-0.3, -0.25) is 4.79 Å². The summed E-state index contributed by atoms with van der Waals surface area (Å²) in [5, 5.41) is 2.90. The third-order valence-electron chi connectivity index (χ3n) is 4.28. The van der Waals surface area contributed by atoms with Gasteiger partial charge in [0.25, 0.3) is 5.91 Å². The lowest BCUT2D eigenvalue weighted by Gasteiger charge is -2.14. The summed E-state index contributed by atoms with van der Waals surface area (Å²) in [6.45, 7) is 1.01. The van der Waals surface area contributed by atoms with E-state index in [1.165, 1.54) is 23.3 Å². The van der Waals surface area contributed by atoms with E-state index >= 15 is 0 Å². The number of aryl methyl sites for hydroxylation is 1. The molecule has 0 saturated heterocycles. The Morgan fingerprint density at radius 1 is 1.04 bits per heavy atom. The second-order valence-corrected chi connectivity index (χ2v) is 6.60. The fraction of sp³-hybridized carbons (Fsp3) is 0.381. The molecule has 0 spiro atoms. The van der Waals surface area contributed by atoms with Crippen LogP contribution in [0.5, 0.6) is 5.75 Å². The van der Waals surface area contributed by atoms with Gasteiger partial charge < -0.3 is 15.0 Å². The van der Waals surface area contributed by atoms with Crippen LogP contribution in [0.15, 0.2) is 48.5 Å². The van der Waals surface area contributed by atoms with Gasteiger partial charge >= 0.3 is 6.61 Å². The van der Waals surface area contributed by atoms with E-state index in [-0.39, 0.29) is 11.7 Å². The molecule has 0 aromatic heterocycles. The van der Waals surface area contributed by atoms with Gasteiger partial charge in [-0.2, -0.15) is 8.78 Å². The molecule has 6 heteroatoms. The van der Waals surface area contributed by atoms with Gasteiger partial charge in [0.1, 0.15) is 12.3 Å². The number of rotatable bonds is 10. The molecule has 0 fully saturated rings. The lowest BCUT2D eigenvalue weighted by atomic mass is 10.1. The smallest absolute Gasteiger partial charge is 0.387 e. The molecule has 1 amide bonds. The molecule has 0 aliphatic carbocycles. The molecular formula is C21H27F2N2O2+. The maximum absolute atomic E-state index is 12.1. The van der Waals surface area contributed by atoms with Gasteiger partial charge in [-0.25, -0.2) is 0 Å². The second kappa shape index (κ2) is 10.6. The molecule has 0 bridgehead atoms. The van der Waals surface area contributed by atoms with E-state index in [0.29, 0.717) is 19.5 Å². The molecule has 4 nitrogen and oxygen atoms in total. The van der Waals surface area contributed by atoms with Crippen LogP contribution in [0.2, 0.25) is 0 Å². The summed E-state index contributed by atoms with van der Waals surface area (Å²) in [4.78, 5) is 13.2. The van der Waals surface area contributed by atoms with Crippen molar-refractivity contribution in [2.75, 3.05) is 20.1 Å². The van der Waals surface area contributed by atoms with Crippen molar-refractivity contribution in [2.24, 2.45) is 0 Å². The van der Waals surface area contributed by atoms with E-state index in [1.54, 1.807) is 12.1 Å². The van der Waals surface area contributed by atoms with Gasteiger partial charge in [0, 0.05) is 12.1 Å². The Hall–Kier alpha value is -2.47. The van der Waals surface area contributed by atoms with Crippen LogP contribution >= 0.6 is 0 Å². The largest absolute Gasteiger partial charge is 0.435 e. The number of alkyl halides is 2. The Morgan fingerprint density at radius 3 is 2.22 bits per heavy atom. The quantitative estimate of drug-likeness (QED) is 0.667. The molecule has 2 aromatic rings. The van der Waals surface area contributed by atoms with Crippen LogP contribution < -0.4 is 15.0 Å². The van der Waals surface area contributed by atoms with Gasteiger partial charge in [-0.15, -0.1) is 0 Å². The average Bonchev–Trinajstić information content (AvgIpc) is 2.63. The summed E-state index contributed by atoms with van der Waals surface area (Å²) in [5.74, 6) is 0.130. The topological polar surface area (TPSA) is 42.8 Å². The van der Waals surface area contributed by atoms with Gasteiger partial charge in [0.05, 0.1) is 7.05 Å². The van der Waals surface area contributed by atoms with Crippen molar-refractivity contribution in [1.82, 2.24) is 5.32 Å². The third-order valence-corrected chi connectivity index (χ3v) is 4.28. The summed E-state index contributed by atoms with van der Waals surface area (Å²) in [5.41, 5.74) is 3.47. The Kier molecular flexibility index (Phi) is 8.20. The van der Waals surface area contributed by atoms with Gasteiger partial charge in [0.2, 0.25) is 0 Å². The van der Waals surface area contributed by atoms with Crippen LogP contribution in [0.1, 0.15) is 23.6 Å². The Balaban J connectivity index is 1.69. The van der Waals surface area contributed by atoms with Crippen LogP contribution in [0.4, 0.5) is 8.78 Å². The normalized spacial score (nSPS) is 12.0. The molecule has 1 atom stereocenters. The first-order chi connectivity index (χ1) is 13.0. The van der Waals surface area contributed by atoms with Crippen molar-refractivity contribution in [3.05, 3.63) is 65.2 Å². The molecule has 146 valence electrons. The number of amides is 1. The van der Waals surface area contributed by atoms with Crippen LogP contribution in [0.25, 0.3) is 0 Å². The van der Waals surface area contributed by atoms with Crippen LogP contribution in [-0.4, -0.2) is 32.7 Å². The molecule has 1 unspecified atom stereocenters. The zero-order valence-corrected chi connectivity index (χ0v) is 15.8. The standard InChI is InChI=1S/C21H26F2N2O2/c1-3-16-4-6-18(7-5-16)14-25(2)15-20(26)24-13-12-17-8-10-19(11-9-17)27-21(22)23/h4-11,21H,3,12-15H2,1-2H3,(H,24,26)/p+1. The lowest BCUT2D eigenvalue weighted by Crippen LogP contribution is -3.08. The number of halogens is 2. The summed E-state index contributed by atoms with van der Waals surface area (Å²) in [6, 6.07) is 14.9. The van der Waals surface area contributed by atoms with E-state index in [2.05, 4.69) is 41.2 Å². The number of benzene rings is 2. The summed E-state index contributed by atoms with van der Waals surface area (Å²) >= 11 is 0. The Morgan fingerprint density at radius 2 is 1.63 bits per heavy atom. The molecule has 2 aromatic carbocycles. The molecular weight excluding hydrogens is 350 g/mol. The minimum absolute atomic E-state index is 0.00432. The third kappa shape index (κ3) is 7.74. The zero-order valence-electron chi connectivity index (χ0n) is 15.8. The fourth-order valence-electron chi connectivity index (χ4n) is 2.82. The van der Waals surface area contributed by atoms with Crippen molar-refractivity contribution >= 4 is 5.91 Å². The van der Waals surface area contributed by atoms with Gasteiger partial charge in [-0.05, 0) is 36.1 Å². The average molecular weight is 377 g/mol. The maximum Gasteiger partial charge on any atom is 0.387 e. The zero-order chi connectivity index (χ0) is 19.6. The number of carbonyl (C=O) groups excluding carboxylic acids is 1. The first-order valence-corrected chi connectivity index (χ1v) is 9.16. The molecule has 2 rings (SSSR count). The van der Waals surface area contributed by atoms with Crippen molar-refractivity contribution in [2.45, 2.75) is 32.9 Å². The molecule has 0 aliphatic rings. The van der Waals surface area contributed by atoms with Crippen LogP contribution in [0, 0.1) is 0 Å². The van der Waals surface area contributed by atoms with E-state index in [4.69, 9.17) is 0 Å². The van der Waals surface area contributed by atoms with E-state index in [1.807, 2.05) is 7.05 Å². The molecule has 0 heterocycles. The predicted molar refractivity (Wildman–Crippen MR) is 101 cm³/mol. The maximum atomic E-state index is 12.1. The first kappa shape index (κ1) is 20.8. The number of carbonyl (C=O) groups is 1. The highest BCUT2D eigenvalue weighted by molar-refractivity contribution is 5.76. The molecule has 0 radical (unpaired) electrons. The fourth-order valence-corrected chi connectivity index (χ4v) is 2.82. The summed E-state index contributed by atoms with van der Waals surface area (Å²) in [6.07, 6.45) is 1.66. The van der Waals surface area contributed by atoms with E-state index in [0.717, 1.165) is 23.4 Å². The van der Waals surface area contributed by atoms with Crippen molar-refractivity contribution < 1.29 is 23.2 Å². The first-order valence-electron chi connectivity index (χ1n) is 9.16. The lowest BCUT2D eigenvalue weighted by molar-refractivity contribution is -0.885. The summed E-state index contributed by atoms with van der Waals surface area (Å²) in [7, 11) is 2.00. The monoisotopic (exact) mass is 377 g/mol. The highest BCUT2D eigenvalue weighted by atomic mass is 19.3. The van der Waals surface area contributed by atoms with Crippen molar-refractivity contribution in [3.63, 3.8) is 0 Å². The van der Waals surface area contributed by atoms with Crippen molar-refractivity contribution in [1.29, 1.82) is 0 Å². The molecule has 27 heavy (non-hydrogen) atoms. The SMILES string of the molecule is CCc1ccc(C[NH+](C)CC(=O)NCCc2ccc(OC(F)F)cc2)cc1. The highest BCUT2D eigenvalue weighted by Crippen LogP contribution is 2.14. The van der Waals surface area contributed by atoms with Crippen LogP contribution in [0.3, 0.4) is 0 Å². The van der Waals surface area contributed by atoms with Crippen LogP contribution in [-0.2, 0) is 24.2 Å². The van der Waals surface area contributed by atoms with Gasteiger partial charge in [0.15, 0.2) is 6.54 Å². The number of hydrogen-bond donors (Lipinski definition) is 2. The predicted octanol–water partition coefficient (Wildman–Crippen LogP) is 2.22. The Bertz CT molecular complexity index is 703. The second-order valence-electron chi connectivity index (χ2n) is 6.60. The van der Waals surface area contributed by atoms with Crippen molar-refractivity contribution in [3.8, 4) is 5.75 Å². The molecule has 0 saturated carbocycles. The summed E-state index contributed by atoms with van der Waals surface area (Å²) < 4.78 is 28.5. The highest BCUT2D eigenvalue weighted by Gasteiger charge is 2.10. The Labute approximate surface area is 159 Å². The van der Waals surface area contributed by atoms with E-state index < -0.39 is 6.61 Å². The number of nitrogens with one attached hydrogen (secondary N) is 2. The minimum Gasteiger partial charge on any atom is -0.435 e. The minimum atomic E-state index is -2.82. The number of ether oxygens (including phenoxy) is 1. The number of likely N-dealkylation sites (N-methyl/N-ethyl adjacent to an activating group) is 1.